The number of likely N-dealkylation sites (tertiary alicyclic amines) is 1. The van der Waals surface area contributed by atoms with Crippen molar-refractivity contribution < 1.29 is 21.6 Å². The Hall–Kier alpha value is -1.77. The molecule has 0 amide bonds. The first-order valence-electron chi connectivity index (χ1n) is 8.97. The highest BCUT2D eigenvalue weighted by atomic mass is 32.2. The first-order valence-corrected chi connectivity index (χ1v) is 10.5. The van der Waals surface area contributed by atoms with Gasteiger partial charge >= 0.3 is 0 Å². The fourth-order valence-electron chi connectivity index (χ4n) is 3.42. The summed E-state index contributed by atoms with van der Waals surface area (Å²) in [4.78, 5) is 1.94. The molecule has 1 aromatic carbocycles. The Morgan fingerprint density at radius 2 is 1.74 bits per heavy atom. The van der Waals surface area contributed by atoms with E-state index >= 15 is 0 Å². The van der Waals surface area contributed by atoms with Gasteiger partial charge in [0.15, 0.2) is 0 Å². The van der Waals surface area contributed by atoms with Gasteiger partial charge in [0.05, 0.1) is 4.90 Å². The monoisotopic (exact) mass is 398 g/mol. The lowest BCUT2D eigenvalue weighted by Crippen LogP contribution is -2.38. The van der Waals surface area contributed by atoms with E-state index < -0.39 is 21.7 Å². The van der Waals surface area contributed by atoms with E-state index in [0.29, 0.717) is 6.07 Å². The summed E-state index contributed by atoms with van der Waals surface area (Å²) in [7, 11) is -3.93. The number of hydrogen-bond acceptors (Lipinski definition) is 4. The fourth-order valence-corrected chi connectivity index (χ4v) is 4.58. The molecule has 1 N–H and O–H groups in total. The van der Waals surface area contributed by atoms with Crippen LogP contribution in [-0.4, -0.2) is 33.0 Å². The zero-order valence-corrected chi connectivity index (χ0v) is 16.3. The van der Waals surface area contributed by atoms with Gasteiger partial charge in [0.25, 0.3) is 0 Å². The smallest absolute Gasteiger partial charge is 0.240 e. The summed E-state index contributed by atoms with van der Waals surface area (Å²) >= 11 is 0. The number of benzene rings is 1. The Morgan fingerprint density at radius 1 is 1.11 bits per heavy atom. The molecule has 0 atom stereocenters. The highest BCUT2D eigenvalue weighted by molar-refractivity contribution is 7.89. The van der Waals surface area contributed by atoms with Gasteiger partial charge in [-0.05, 0) is 63.9 Å². The molecule has 5 nitrogen and oxygen atoms in total. The van der Waals surface area contributed by atoms with Crippen LogP contribution in [0.5, 0.6) is 0 Å². The maximum atomic E-state index is 13.3. The Balaban J connectivity index is 1.51. The SMILES string of the molecule is Cc1cc(CN2CCC(CNS(=O)(=O)c3cc(F)cc(F)c3)CC2)c(C)o1. The van der Waals surface area contributed by atoms with Gasteiger partial charge in [-0.3, -0.25) is 4.90 Å². The lowest BCUT2D eigenvalue weighted by atomic mass is 9.97. The lowest BCUT2D eigenvalue weighted by molar-refractivity contribution is 0.178. The van der Waals surface area contributed by atoms with Crippen LogP contribution in [0.1, 0.15) is 29.9 Å². The quantitative estimate of drug-likeness (QED) is 0.811. The maximum absolute atomic E-state index is 13.3. The summed E-state index contributed by atoms with van der Waals surface area (Å²) in [5, 5.41) is 0. The van der Waals surface area contributed by atoms with E-state index in [2.05, 4.69) is 9.62 Å². The molecule has 1 fully saturated rings. The predicted molar refractivity (Wildman–Crippen MR) is 97.7 cm³/mol. The van der Waals surface area contributed by atoms with Crippen molar-refractivity contribution in [3.63, 3.8) is 0 Å². The third-order valence-corrected chi connectivity index (χ3v) is 6.36. The van der Waals surface area contributed by atoms with Crippen LogP contribution in [0, 0.1) is 31.4 Å². The van der Waals surface area contributed by atoms with E-state index in [1.165, 1.54) is 5.56 Å². The maximum Gasteiger partial charge on any atom is 0.240 e. The van der Waals surface area contributed by atoms with Crippen molar-refractivity contribution in [3.05, 3.63) is 53.0 Å². The van der Waals surface area contributed by atoms with Gasteiger partial charge in [-0.1, -0.05) is 0 Å². The summed E-state index contributed by atoms with van der Waals surface area (Å²) in [6, 6.07) is 4.35. The number of nitrogens with one attached hydrogen (secondary N) is 1. The molecule has 3 rings (SSSR count). The predicted octanol–water partition coefficient (Wildman–Crippen LogP) is 3.37. The topological polar surface area (TPSA) is 62.6 Å². The zero-order valence-electron chi connectivity index (χ0n) is 15.5. The Kier molecular flexibility index (Phi) is 5.98. The van der Waals surface area contributed by atoms with Crippen LogP contribution in [-0.2, 0) is 16.6 Å². The molecule has 27 heavy (non-hydrogen) atoms. The highest BCUT2D eigenvalue weighted by Crippen LogP contribution is 2.22. The number of hydrogen-bond donors (Lipinski definition) is 1. The van der Waals surface area contributed by atoms with Gasteiger partial charge < -0.3 is 4.42 Å². The van der Waals surface area contributed by atoms with Crippen LogP contribution in [0.3, 0.4) is 0 Å². The zero-order chi connectivity index (χ0) is 19.6. The minimum atomic E-state index is -3.93. The van der Waals surface area contributed by atoms with Crippen molar-refractivity contribution in [2.45, 2.75) is 38.1 Å². The Morgan fingerprint density at radius 3 is 2.30 bits per heavy atom. The van der Waals surface area contributed by atoms with Crippen LogP contribution in [0.15, 0.2) is 33.6 Å². The summed E-state index contributed by atoms with van der Waals surface area (Å²) in [5.74, 6) is 0.217. The summed E-state index contributed by atoms with van der Waals surface area (Å²) in [5.41, 5.74) is 1.18. The van der Waals surface area contributed by atoms with E-state index in [9.17, 15) is 17.2 Å². The lowest BCUT2D eigenvalue weighted by Gasteiger charge is -2.31. The summed E-state index contributed by atoms with van der Waals surface area (Å²) in [6.45, 7) is 6.70. The summed E-state index contributed by atoms with van der Waals surface area (Å²) < 4.78 is 59.1. The van der Waals surface area contributed by atoms with Crippen LogP contribution in [0.4, 0.5) is 8.78 Å². The molecule has 1 aromatic heterocycles. The minimum Gasteiger partial charge on any atom is -0.466 e. The van der Waals surface area contributed by atoms with Crippen LogP contribution < -0.4 is 4.72 Å². The van der Waals surface area contributed by atoms with E-state index in [0.717, 1.165) is 56.1 Å². The normalized spacial score (nSPS) is 16.7. The van der Waals surface area contributed by atoms with Crippen LogP contribution >= 0.6 is 0 Å². The molecule has 0 radical (unpaired) electrons. The number of furan rings is 1. The Labute approximate surface area is 158 Å². The van der Waals surface area contributed by atoms with E-state index in [1.54, 1.807) is 0 Å². The number of nitrogens with zero attached hydrogens (tertiary/aromatic N) is 1. The first kappa shape index (κ1) is 20.0. The average Bonchev–Trinajstić information content (AvgIpc) is 2.91. The van der Waals surface area contributed by atoms with Crippen molar-refractivity contribution in [1.29, 1.82) is 0 Å². The molecule has 2 heterocycles. The van der Waals surface area contributed by atoms with Crippen molar-refractivity contribution >= 4 is 10.0 Å². The largest absolute Gasteiger partial charge is 0.466 e. The molecular weight excluding hydrogens is 374 g/mol. The van der Waals surface area contributed by atoms with Gasteiger partial charge in [-0.25, -0.2) is 21.9 Å². The molecule has 0 unspecified atom stereocenters. The van der Waals surface area contributed by atoms with E-state index in [-0.39, 0.29) is 17.4 Å². The Bertz CT molecular complexity index is 883. The van der Waals surface area contributed by atoms with Crippen molar-refractivity contribution in [2.75, 3.05) is 19.6 Å². The van der Waals surface area contributed by atoms with Gasteiger partial charge in [-0.2, -0.15) is 0 Å². The third kappa shape index (κ3) is 5.15. The number of sulfonamides is 1. The first-order chi connectivity index (χ1) is 12.7. The number of halogens is 2. The number of aryl methyl sites for hydroxylation is 2. The second-order valence-corrected chi connectivity index (χ2v) is 8.88. The number of piperidine rings is 1. The van der Waals surface area contributed by atoms with Crippen molar-refractivity contribution in [2.24, 2.45) is 5.92 Å². The fraction of sp³-hybridized carbons (Fsp3) is 0.474. The molecule has 0 aliphatic carbocycles. The molecule has 1 aliphatic rings. The molecule has 0 bridgehead atoms. The summed E-state index contributed by atoms with van der Waals surface area (Å²) in [6.07, 6.45) is 1.71. The molecule has 8 heteroatoms. The van der Waals surface area contributed by atoms with Crippen LogP contribution in [0.2, 0.25) is 0 Å². The molecular formula is C19H24F2N2O3S. The second-order valence-electron chi connectivity index (χ2n) is 7.12. The highest BCUT2D eigenvalue weighted by Gasteiger charge is 2.23. The average molecular weight is 398 g/mol. The van der Waals surface area contributed by atoms with Gasteiger partial charge in [-0.15, -0.1) is 0 Å². The molecule has 2 aromatic rings. The standard InChI is InChI=1S/C19H24F2N2O3S/c1-13-7-16(14(2)26-13)12-23-5-3-15(4-6-23)11-22-27(24,25)19-9-17(20)8-18(21)10-19/h7-10,15,22H,3-6,11-12H2,1-2H3. The van der Waals surface area contributed by atoms with Gasteiger partial charge in [0.2, 0.25) is 10.0 Å². The molecule has 1 aliphatic heterocycles. The number of rotatable bonds is 6. The van der Waals surface area contributed by atoms with Crippen molar-refractivity contribution in [1.82, 2.24) is 9.62 Å². The van der Waals surface area contributed by atoms with Crippen molar-refractivity contribution in [3.8, 4) is 0 Å². The van der Waals surface area contributed by atoms with E-state index in [1.807, 2.05) is 19.9 Å². The second kappa shape index (κ2) is 8.08. The molecule has 0 spiro atoms. The minimum absolute atomic E-state index is 0.196. The van der Waals surface area contributed by atoms with Crippen LogP contribution in [0.25, 0.3) is 0 Å². The van der Waals surface area contributed by atoms with E-state index in [4.69, 9.17) is 4.42 Å². The third-order valence-electron chi connectivity index (χ3n) is 4.95. The molecule has 0 saturated carbocycles. The van der Waals surface area contributed by atoms with Gasteiger partial charge in [0.1, 0.15) is 23.2 Å². The molecule has 1 saturated heterocycles. The molecule has 148 valence electrons. The van der Waals surface area contributed by atoms with Gasteiger partial charge in [0, 0.05) is 24.7 Å².